The summed E-state index contributed by atoms with van der Waals surface area (Å²) in [5.41, 5.74) is -0.632. The van der Waals surface area contributed by atoms with Gasteiger partial charge in [0.1, 0.15) is 0 Å². The molecule has 0 bridgehead atoms. The van der Waals surface area contributed by atoms with E-state index < -0.39 is 5.60 Å². The number of piperidine rings is 1. The lowest BCUT2D eigenvalue weighted by Gasteiger charge is -2.37. The second-order valence-electron chi connectivity index (χ2n) is 4.10. The Morgan fingerprint density at radius 2 is 2.43 bits per heavy atom. The summed E-state index contributed by atoms with van der Waals surface area (Å²) < 4.78 is 0. The van der Waals surface area contributed by atoms with Crippen molar-refractivity contribution in [3.05, 3.63) is 0 Å². The van der Waals surface area contributed by atoms with Crippen molar-refractivity contribution in [2.75, 3.05) is 18.8 Å². The van der Waals surface area contributed by atoms with Crippen LogP contribution in [0, 0.1) is 0 Å². The van der Waals surface area contributed by atoms with Crippen LogP contribution in [0.15, 0.2) is 4.99 Å². The third-order valence-electron chi connectivity index (χ3n) is 2.49. The number of thioether (sulfide) groups is 1. The van der Waals surface area contributed by atoms with Gasteiger partial charge < -0.3 is 10.0 Å². The average Bonchev–Trinajstić information content (AvgIpc) is 2.50. The van der Waals surface area contributed by atoms with Crippen LogP contribution in [0.25, 0.3) is 0 Å². The van der Waals surface area contributed by atoms with E-state index in [0.717, 1.165) is 24.6 Å². The average molecular weight is 214 g/mol. The number of hydrogen-bond acceptors (Lipinski definition) is 4. The Labute approximate surface area is 87.4 Å². The highest BCUT2D eigenvalue weighted by atomic mass is 32.2. The predicted molar refractivity (Wildman–Crippen MR) is 56.3 cm³/mol. The summed E-state index contributed by atoms with van der Waals surface area (Å²) in [5, 5.41) is 10.7. The molecule has 78 valence electrons. The Morgan fingerprint density at radius 1 is 1.64 bits per heavy atom. The fraction of sp³-hybridized carbons (Fsp3) is 0.778. The minimum atomic E-state index is -0.632. The van der Waals surface area contributed by atoms with Gasteiger partial charge in [-0.05, 0) is 19.8 Å². The second-order valence-corrected chi connectivity index (χ2v) is 5.04. The third kappa shape index (κ3) is 2.09. The van der Waals surface area contributed by atoms with Gasteiger partial charge >= 0.3 is 0 Å². The predicted octanol–water partition coefficient (Wildman–Crippen LogP) is 0.463. The van der Waals surface area contributed by atoms with Crippen LogP contribution in [0.2, 0.25) is 0 Å². The van der Waals surface area contributed by atoms with Gasteiger partial charge in [0.15, 0.2) is 5.17 Å². The minimum Gasteiger partial charge on any atom is -0.388 e. The molecule has 1 saturated heterocycles. The largest absolute Gasteiger partial charge is 0.388 e. The Morgan fingerprint density at radius 3 is 3.00 bits per heavy atom. The molecule has 0 radical (unpaired) electrons. The van der Waals surface area contributed by atoms with Crippen molar-refractivity contribution in [1.82, 2.24) is 4.90 Å². The second kappa shape index (κ2) is 3.55. The van der Waals surface area contributed by atoms with Crippen molar-refractivity contribution < 1.29 is 9.90 Å². The number of β-amino-alcohol motifs (C(OH)–C–C–N with tert-alkyl or cyclic N) is 1. The first-order valence-corrected chi connectivity index (χ1v) is 5.77. The van der Waals surface area contributed by atoms with Gasteiger partial charge in [0.25, 0.3) is 5.91 Å². The molecule has 2 aliphatic heterocycles. The number of carbonyl (C=O) groups is 1. The first kappa shape index (κ1) is 9.98. The van der Waals surface area contributed by atoms with Gasteiger partial charge in [-0.2, -0.15) is 4.99 Å². The van der Waals surface area contributed by atoms with Gasteiger partial charge in [-0.3, -0.25) is 4.79 Å². The molecule has 0 spiro atoms. The number of amides is 1. The van der Waals surface area contributed by atoms with Crippen molar-refractivity contribution in [2.45, 2.75) is 25.4 Å². The van der Waals surface area contributed by atoms with Gasteiger partial charge in [-0.15, -0.1) is 0 Å². The maximum Gasteiger partial charge on any atom is 0.258 e. The summed E-state index contributed by atoms with van der Waals surface area (Å²) in [6, 6.07) is 0. The van der Waals surface area contributed by atoms with Crippen LogP contribution in [0.1, 0.15) is 19.8 Å². The van der Waals surface area contributed by atoms with E-state index in [2.05, 4.69) is 4.99 Å². The molecule has 1 atom stereocenters. The molecule has 0 aromatic carbocycles. The lowest BCUT2D eigenvalue weighted by molar-refractivity contribution is -0.115. The molecule has 5 heteroatoms. The van der Waals surface area contributed by atoms with Gasteiger partial charge in [-0.1, -0.05) is 11.8 Å². The van der Waals surface area contributed by atoms with Gasteiger partial charge in [0.05, 0.1) is 11.4 Å². The number of likely N-dealkylation sites (tertiary alicyclic amines) is 1. The van der Waals surface area contributed by atoms with E-state index in [4.69, 9.17) is 0 Å². The molecular weight excluding hydrogens is 200 g/mol. The van der Waals surface area contributed by atoms with Crippen LogP contribution in [-0.2, 0) is 4.79 Å². The molecule has 2 rings (SSSR count). The molecule has 1 amide bonds. The molecule has 2 heterocycles. The van der Waals surface area contributed by atoms with E-state index in [9.17, 15) is 9.90 Å². The molecule has 0 saturated carbocycles. The highest BCUT2D eigenvalue weighted by molar-refractivity contribution is 8.14. The Kier molecular flexibility index (Phi) is 2.53. The van der Waals surface area contributed by atoms with Crippen molar-refractivity contribution in [2.24, 2.45) is 4.99 Å². The number of amidine groups is 1. The van der Waals surface area contributed by atoms with Crippen molar-refractivity contribution >= 4 is 22.8 Å². The third-order valence-corrected chi connectivity index (χ3v) is 3.49. The Balaban J connectivity index is 2.05. The van der Waals surface area contributed by atoms with Crippen LogP contribution >= 0.6 is 11.8 Å². The topological polar surface area (TPSA) is 52.9 Å². The number of aliphatic hydroxyl groups is 1. The summed E-state index contributed by atoms with van der Waals surface area (Å²) in [5.74, 6) is 0.392. The van der Waals surface area contributed by atoms with Crippen LogP contribution < -0.4 is 0 Å². The number of rotatable bonds is 0. The summed E-state index contributed by atoms with van der Waals surface area (Å²) >= 11 is 1.47. The summed E-state index contributed by atoms with van der Waals surface area (Å²) in [6.45, 7) is 3.32. The van der Waals surface area contributed by atoms with Crippen LogP contribution in [0.4, 0.5) is 0 Å². The van der Waals surface area contributed by atoms with E-state index in [-0.39, 0.29) is 5.91 Å². The van der Waals surface area contributed by atoms with Crippen molar-refractivity contribution in [3.63, 3.8) is 0 Å². The zero-order valence-corrected chi connectivity index (χ0v) is 9.01. The lowest BCUT2D eigenvalue weighted by Crippen LogP contribution is -2.47. The highest BCUT2D eigenvalue weighted by Gasteiger charge is 2.31. The molecule has 14 heavy (non-hydrogen) atoms. The smallest absolute Gasteiger partial charge is 0.258 e. The molecule has 4 nitrogen and oxygen atoms in total. The Hall–Kier alpha value is -0.550. The maximum atomic E-state index is 11.0. The SMILES string of the molecule is CC1(O)CCCN(C2=NC(=O)CS2)C1. The lowest BCUT2D eigenvalue weighted by atomic mass is 9.96. The number of aliphatic imine (C=N–C) groups is 1. The summed E-state index contributed by atoms with van der Waals surface area (Å²) in [6.07, 6.45) is 1.79. The van der Waals surface area contributed by atoms with Crippen LogP contribution in [0.3, 0.4) is 0 Å². The Bertz CT molecular complexity index is 289. The van der Waals surface area contributed by atoms with E-state index in [1.54, 1.807) is 0 Å². The first-order chi connectivity index (χ1) is 6.57. The standard InChI is InChI=1S/C9H14N2O2S/c1-9(13)3-2-4-11(6-9)8-10-7(12)5-14-8/h13H,2-6H2,1H3. The van der Waals surface area contributed by atoms with Crippen molar-refractivity contribution in [3.8, 4) is 0 Å². The van der Waals surface area contributed by atoms with Crippen LogP contribution in [0.5, 0.6) is 0 Å². The summed E-state index contributed by atoms with van der Waals surface area (Å²) in [7, 11) is 0. The fourth-order valence-corrected chi connectivity index (χ4v) is 2.66. The first-order valence-electron chi connectivity index (χ1n) is 4.78. The molecule has 1 N–H and O–H groups in total. The quantitative estimate of drug-likeness (QED) is 0.636. The normalized spacial score (nSPS) is 33.4. The maximum absolute atomic E-state index is 11.0. The van der Waals surface area contributed by atoms with E-state index >= 15 is 0 Å². The van der Waals surface area contributed by atoms with Crippen molar-refractivity contribution in [1.29, 1.82) is 0 Å². The zero-order chi connectivity index (χ0) is 10.2. The molecular formula is C9H14N2O2S. The molecule has 0 aromatic heterocycles. The zero-order valence-electron chi connectivity index (χ0n) is 8.19. The van der Waals surface area contributed by atoms with E-state index in [1.165, 1.54) is 11.8 Å². The van der Waals surface area contributed by atoms with Gasteiger partial charge in [0.2, 0.25) is 0 Å². The van der Waals surface area contributed by atoms with E-state index in [0.29, 0.717) is 12.3 Å². The number of hydrogen-bond donors (Lipinski definition) is 1. The summed E-state index contributed by atoms with van der Waals surface area (Å²) in [4.78, 5) is 16.9. The molecule has 1 unspecified atom stereocenters. The van der Waals surface area contributed by atoms with Gasteiger partial charge in [-0.25, -0.2) is 0 Å². The molecule has 0 aliphatic carbocycles. The number of carbonyl (C=O) groups excluding carboxylic acids is 1. The molecule has 0 aromatic rings. The monoisotopic (exact) mass is 214 g/mol. The molecule has 1 fully saturated rings. The molecule has 2 aliphatic rings. The van der Waals surface area contributed by atoms with E-state index in [1.807, 2.05) is 11.8 Å². The van der Waals surface area contributed by atoms with Gasteiger partial charge in [0, 0.05) is 13.1 Å². The number of nitrogens with zero attached hydrogens (tertiary/aromatic N) is 2. The van der Waals surface area contributed by atoms with Crippen LogP contribution in [-0.4, -0.2) is 45.5 Å². The minimum absolute atomic E-state index is 0.0600. The highest BCUT2D eigenvalue weighted by Crippen LogP contribution is 2.25. The fourth-order valence-electron chi connectivity index (χ4n) is 1.84.